The quantitative estimate of drug-likeness (QED) is 0.841. The topological polar surface area (TPSA) is 56.1 Å². The van der Waals surface area contributed by atoms with E-state index in [0.29, 0.717) is 17.5 Å². The summed E-state index contributed by atoms with van der Waals surface area (Å²) in [6.45, 7) is 3.34. The summed E-state index contributed by atoms with van der Waals surface area (Å²) in [6, 6.07) is 5.33. The van der Waals surface area contributed by atoms with E-state index in [1.165, 1.54) is 51.3 Å². The minimum Gasteiger partial charge on any atom is -0.508 e. The molecule has 0 aliphatic carbocycles. The summed E-state index contributed by atoms with van der Waals surface area (Å²) in [7, 11) is 0. The van der Waals surface area contributed by atoms with Crippen molar-refractivity contribution in [2.75, 3.05) is 19.6 Å². The fraction of sp³-hybridized carbons (Fsp3) is 0.588. The summed E-state index contributed by atoms with van der Waals surface area (Å²) in [5.74, 6) is 0.811. The Kier molecular flexibility index (Phi) is 4.44. The highest BCUT2D eigenvalue weighted by Crippen LogP contribution is 2.31. The number of rotatable bonds is 3. The molecule has 2 aliphatic heterocycles. The van der Waals surface area contributed by atoms with Gasteiger partial charge in [-0.1, -0.05) is 6.42 Å². The first kappa shape index (κ1) is 14.4. The zero-order chi connectivity index (χ0) is 14.7. The van der Waals surface area contributed by atoms with Crippen molar-refractivity contribution >= 4 is 6.21 Å². The van der Waals surface area contributed by atoms with Gasteiger partial charge in [0.15, 0.2) is 0 Å². The molecular formula is C17H24N2O2. The van der Waals surface area contributed by atoms with Gasteiger partial charge in [-0.15, -0.1) is 0 Å². The van der Waals surface area contributed by atoms with Crippen molar-refractivity contribution in [3.05, 3.63) is 23.8 Å². The maximum atomic E-state index is 9.76. The van der Waals surface area contributed by atoms with Crippen LogP contribution in [0.25, 0.3) is 0 Å². The molecular weight excluding hydrogens is 264 g/mol. The van der Waals surface area contributed by atoms with E-state index in [-0.39, 0.29) is 11.5 Å². The molecule has 0 amide bonds. The van der Waals surface area contributed by atoms with Gasteiger partial charge in [-0.3, -0.25) is 4.99 Å². The van der Waals surface area contributed by atoms with E-state index < -0.39 is 0 Å². The molecule has 1 aromatic carbocycles. The van der Waals surface area contributed by atoms with Crippen molar-refractivity contribution in [2.24, 2.45) is 10.9 Å². The van der Waals surface area contributed by atoms with Crippen molar-refractivity contribution in [3.63, 3.8) is 0 Å². The average molecular weight is 288 g/mol. The van der Waals surface area contributed by atoms with Crippen LogP contribution in [0.2, 0.25) is 0 Å². The lowest BCUT2D eigenvalue weighted by Crippen LogP contribution is -2.48. The Labute approximate surface area is 126 Å². The van der Waals surface area contributed by atoms with Gasteiger partial charge in [0.05, 0.1) is 0 Å². The second-order valence-electron chi connectivity index (χ2n) is 6.24. The van der Waals surface area contributed by atoms with Crippen LogP contribution in [0.1, 0.15) is 37.7 Å². The van der Waals surface area contributed by atoms with E-state index in [1.54, 1.807) is 18.3 Å². The number of benzene rings is 1. The Morgan fingerprint density at radius 1 is 1.14 bits per heavy atom. The molecule has 0 aromatic heterocycles. The number of hydrogen-bond donors (Lipinski definition) is 2. The van der Waals surface area contributed by atoms with E-state index in [1.807, 2.05) is 0 Å². The summed E-state index contributed by atoms with van der Waals surface area (Å²) in [5.41, 5.74) is 0.670. The number of aromatic hydroxyl groups is 2. The predicted octanol–water partition coefficient (Wildman–Crippen LogP) is 2.78. The van der Waals surface area contributed by atoms with Gasteiger partial charge < -0.3 is 15.1 Å². The fourth-order valence-electron chi connectivity index (χ4n) is 3.72. The van der Waals surface area contributed by atoms with Crippen molar-refractivity contribution in [2.45, 2.75) is 38.1 Å². The molecule has 2 aliphatic rings. The molecule has 4 nitrogen and oxygen atoms in total. The highest BCUT2D eigenvalue weighted by atomic mass is 16.3. The number of hydrogen-bond acceptors (Lipinski definition) is 4. The number of fused-ring (bicyclic) bond motifs is 1. The number of phenols is 2. The maximum Gasteiger partial charge on any atom is 0.128 e. The molecule has 0 bridgehead atoms. The SMILES string of the molecule is Oc1ccc(C=NC[C@H]2CCCN3CCCC[C@@H]23)c(O)c1. The maximum absolute atomic E-state index is 9.76. The first-order valence-electron chi connectivity index (χ1n) is 8.00. The minimum absolute atomic E-state index is 0.0785. The van der Waals surface area contributed by atoms with E-state index in [9.17, 15) is 10.2 Å². The lowest BCUT2D eigenvalue weighted by molar-refractivity contribution is 0.0635. The lowest BCUT2D eigenvalue weighted by atomic mass is 9.83. The molecule has 1 aromatic rings. The molecule has 2 fully saturated rings. The normalized spacial score (nSPS) is 26.9. The zero-order valence-electron chi connectivity index (χ0n) is 12.4. The fourth-order valence-corrected chi connectivity index (χ4v) is 3.72. The van der Waals surface area contributed by atoms with Gasteiger partial charge in [0.1, 0.15) is 11.5 Å². The Morgan fingerprint density at radius 3 is 2.86 bits per heavy atom. The number of nitrogens with zero attached hydrogens (tertiary/aromatic N) is 2. The second kappa shape index (κ2) is 6.48. The first-order chi connectivity index (χ1) is 10.2. The van der Waals surface area contributed by atoms with Crippen LogP contribution < -0.4 is 0 Å². The molecule has 2 heterocycles. The van der Waals surface area contributed by atoms with Crippen LogP contribution in [-0.2, 0) is 0 Å². The summed E-state index contributed by atoms with van der Waals surface area (Å²) in [6.07, 6.45) is 8.27. The average Bonchev–Trinajstić information content (AvgIpc) is 2.50. The first-order valence-corrected chi connectivity index (χ1v) is 8.00. The van der Waals surface area contributed by atoms with Crippen molar-refractivity contribution < 1.29 is 10.2 Å². The summed E-state index contributed by atoms with van der Waals surface area (Å²) in [4.78, 5) is 7.20. The molecule has 2 N–H and O–H groups in total. The lowest BCUT2D eigenvalue weighted by Gasteiger charge is -2.43. The van der Waals surface area contributed by atoms with E-state index in [2.05, 4.69) is 9.89 Å². The van der Waals surface area contributed by atoms with Crippen LogP contribution in [0.4, 0.5) is 0 Å². The molecule has 2 saturated heterocycles. The van der Waals surface area contributed by atoms with Crippen LogP contribution in [-0.4, -0.2) is 47.0 Å². The van der Waals surface area contributed by atoms with Crippen LogP contribution in [0.5, 0.6) is 11.5 Å². The molecule has 0 saturated carbocycles. The predicted molar refractivity (Wildman–Crippen MR) is 84.2 cm³/mol. The van der Waals surface area contributed by atoms with Gasteiger partial charge in [-0.2, -0.15) is 0 Å². The van der Waals surface area contributed by atoms with Gasteiger partial charge in [-0.05, 0) is 56.8 Å². The smallest absolute Gasteiger partial charge is 0.128 e. The molecule has 114 valence electrons. The highest BCUT2D eigenvalue weighted by Gasteiger charge is 2.32. The third-order valence-electron chi connectivity index (χ3n) is 4.81. The van der Waals surface area contributed by atoms with Crippen LogP contribution >= 0.6 is 0 Å². The van der Waals surface area contributed by atoms with Gasteiger partial charge >= 0.3 is 0 Å². The molecule has 4 heteroatoms. The van der Waals surface area contributed by atoms with E-state index >= 15 is 0 Å². The van der Waals surface area contributed by atoms with Gasteiger partial charge in [0, 0.05) is 30.4 Å². The molecule has 0 radical (unpaired) electrons. The Hall–Kier alpha value is -1.55. The van der Waals surface area contributed by atoms with Gasteiger partial charge in [0.25, 0.3) is 0 Å². The van der Waals surface area contributed by atoms with E-state index in [4.69, 9.17) is 0 Å². The van der Waals surface area contributed by atoms with Crippen molar-refractivity contribution in [1.29, 1.82) is 0 Å². The molecule has 21 heavy (non-hydrogen) atoms. The Morgan fingerprint density at radius 2 is 2.00 bits per heavy atom. The van der Waals surface area contributed by atoms with Crippen molar-refractivity contribution in [1.82, 2.24) is 4.90 Å². The summed E-state index contributed by atoms with van der Waals surface area (Å²) >= 11 is 0. The molecule has 0 spiro atoms. The molecule has 2 atom stereocenters. The zero-order valence-corrected chi connectivity index (χ0v) is 12.4. The Bertz CT molecular complexity index is 514. The monoisotopic (exact) mass is 288 g/mol. The van der Waals surface area contributed by atoms with Gasteiger partial charge in [-0.25, -0.2) is 0 Å². The largest absolute Gasteiger partial charge is 0.508 e. The van der Waals surface area contributed by atoms with Crippen LogP contribution in [0.15, 0.2) is 23.2 Å². The summed E-state index contributed by atoms with van der Waals surface area (Å²) < 4.78 is 0. The van der Waals surface area contributed by atoms with E-state index in [0.717, 1.165) is 6.54 Å². The van der Waals surface area contributed by atoms with Crippen LogP contribution in [0, 0.1) is 5.92 Å². The van der Waals surface area contributed by atoms with Crippen LogP contribution in [0.3, 0.4) is 0 Å². The van der Waals surface area contributed by atoms with Crippen molar-refractivity contribution in [3.8, 4) is 11.5 Å². The minimum atomic E-state index is 0.0785. The third kappa shape index (κ3) is 3.38. The number of piperidine rings is 2. The summed E-state index contributed by atoms with van der Waals surface area (Å²) in [5, 5.41) is 19.0. The third-order valence-corrected chi connectivity index (χ3v) is 4.81. The molecule has 0 unspecified atom stereocenters. The number of aliphatic imine (C=N–C) groups is 1. The molecule has 3 rings (SSSR count). The Balaban J connectivity index is 1.62. The standard InChI is InChI=1S/C17H24N2O2/c20-15-7-6-14(17(21)10-15)12-18-11-13-4-3-9-19-8-2-1-5-16(13)19/h6-7,10,12-13,16,20-21H,1-5,8-9,11H2/t13-,16+/m1/s1. The number of phenolic OH excluding ortho intramolecular Hbond substituents is 2. The van der Waals surface area contributed by atoms with Gasteiger partial charge in [0.2, 0.25) is 0 Å². The second-order valence-corrected chi connectivity index (χ2v) is 6.24. The highest BCUT2D eigenvalue weighted by molar-refractivity contribution is 5.83.